The number of aromatic nitrogens is 2. The van der Waals surface area contributed by atoms with E-state index >= 15 is 0 Å². The largest absolute Gasteiger partial charge is 0.508 e. The molecule has 3 heterocycles. The molecule has 2 fully saturated rings. The Morgan fingerprint density at radius 2 is 2.00 bits per heavy atom. The number of hydrogen-bond acceptors (Lipinski definition) is 6. The van der Waals surface area contributed by atoms with Gasteiger partial charge in [-0.25, -0.2) is 9.97 Å². The number of rotatable bonds is 2. The zero-order valence-corrected chi connectivity index (χ0v) is 13.5. The van der Waals surface area contributed by atoms with E-state index < -0.39 is 0 Å². The predicted octanol–water partition coefficient (Wildman–Crippen LogP) is 2.86. The normalized spacial score (nSPS) is 22.7. The van der Waals surface area contributed by atoms with Crippen LogP contribution in [0.3, 0.4) is 0 Å². The van der Waals surface area contributed by atoms with Crippen LogP contribution in [0.1, 0.15) is 32.1 Å². The molecule has 2 aliphatic heterocycles. The summed E-state index contributed by atoms with van der Waals surface area (Å²) in [6.45, 7) is 1.77. The number of piperidine rings is 1. The van der Waals surface area contributed by atoms with Crippen molar-refractivity contribution in [1.29, 1.82) is 0 Å². The van der Waals surface area contributed by atoms with E-state index in [0.717, 1.165) is 49.1 Å². The molecule has 1 spiro atoms. The van der Waals surface area contributed by atoms with E-state index in [-0.39, 0.29) is 11.4 Å². The lowest BCUT2D eigenvalue weighted by Gasteiger charge is -2.38. The first-order valence-electron chi connectivity index (χ1n) is 8.66. The fourth-order valence-corrected chi connectivity index (χ4v) is 3.86. The zero-order chi connectivity index (χ0) is 16.1. The minimum atomic E-state index is -0.0978. The highest BCUT2D eigenvalue weighted by Crippen LogP contribution is 2.42. The lowest BCUT2D eigenvalue weighted by molar-refractivity contribution is -0.0360. The standard InChI is InChI=1S/C18H20N4O2/c23-13-3-4-15-14(9-13)17(20-11-19-15)22-7-5-18(6-8-22)10-16(21-24-18)12-1-2-12/h3-4,9,11-12,23H,1-2,5-8,10H2. The molecule has 0 atom stereocenters. The molecule has 6 heteroatoms. The Morgan fingerprint density at radius 1 is 1.17 bits per heavy atom. The van der Waals surface area contributed by atoms with E-state index in [9.17, 15) is 5.11 Å². The monoisotopic (exact) mass is 324 g/mol. The Hall–Kier alpha value is -2.37. The molecule has 124 valence electrons. The molecule has 24 heavy (non-hydrogen) atoms. The summed E-state index contributed by atoms with van der Waals surface area (Å²) in [6, 6.07) is 5.24. The summed E-state index contributed by atoms with van der Waals surface area (Å²) in [6.07, 6.45) is 7.06. The van der Waals surface area contributed by atoms with E-state index in [1.54, 1.807) is 18.5 Å². The van der Waals surface area contributed by atoms with Crippen LogP contribution in [0.25, 0.3) is 10.9 Å². The van der Waals surface area contributed by atoms with E-state index in [1.165, 1.54) is 18.6 Å². The minimum absolute atomic E-state index is 0.0978. The van der Waals surface area contributed by atoms with Gasteiger partial charge in [0.1, 0.15) is 23.5 Å². The molecule has 0 unspecified atom stereocenters. The van der Waals surface area contributed by atoms with Gasteiger partial charge < -0.3 is 14.8 Å². The molecular formula is C18H20N4O2. The molecule has 5 rings (SSSR count). The molecule has 1 saturated heterocycles. The summed E-state index contributed by atoms with van der Waals surface area (Å²) < 4.78 is 0. The average molecular weight is 324 g/mol. The summed E-state index contributed by atoms with van der Waals surface area (Å²) in [5.41, 5.74) is 2.04. The van der Waals surface area contributed by atoms with Crippen LogP contribution in [0.15, 0.2) is 29.7 Å². The summed E-state index contributed by atoms with van der Waals surface area (Å²) in [4.78, 5) is 16.9. The summed E-state index contributed by atoms with van der Waals surface area (Å²) in [5.74, 6) is 1.83. The van der Waals surface area contributed by atoms with Crippen molar-refractivity contribution in [2.45, 2.75) is 37.7 Å². The molecule has 1 aliphatic carbocycles. The highest BCUT2D eigenvalue weighted by atomic mass is 16.7. The number of hydrogen-bond donors (Lipinski definition) is 1. The van der Waals surface area contributed by atoms with Crippen LogP contribution in [0.4, 0.5) is 5.82 Å². The first-order valence-corrected chi connectivity index (χ1v) is 8.66. The molecule has 1 aromatic heterocycles. The third-order valence-corrected chi connectivity index (χ3v) is 5.48. The van der Waals surface area contributed by atoms with Gasteiger partial charge >= 0.3 is 0 Å². The van der Waals surface area contributed by atoms with E-state index in [2.05, 4.69) is 20.0 Å². The van der Waals surface area contributed by atoms with Crippen LogP contribution in [-0.2, 0) is 4.84 Å². The van der Waals surface area contributed by atoms with Gasteiger partial charge in [-0.05, 0) is 31.0 Å². The highest BCUT2D eigenvalue weighted by Gasteiger charge is 2.45. The quantitative estimate of drug-likeness (QED) is 0.920. The third kappa shape index (κ3) is 2.28. The van der Waals surface area contributed by atoms with Gasteiger partial charge in [0.25, 0.3) is 0 Å². The second-order valence-electron chi connectivity index (χ2n) is 7.19. The second kappa shape index (κ2) is 5.06. The smallest absolute Gasteiger partial charge is 0.146 e. The summed E-state index contributed by atoms with van der Waals surface area (Å²) >= 11 is 0. The average Bonchev–Trinajstić information content (AvgIpc) is 3.38. The zero-order valence-electron chi connectivity index (χ0n) is 13.5. The molecule has 0 radical (unpaired) electrons. The molecule has 0 amide bonds. The fourth-order valence-electron chi connectivity index (χ4n) is 3.86. The third-order valence-electron chi connectivity index (χ3n) is 5.48. The van der Waals surface area contributed by atoms with Gasteiger partial charge in [-0.1, -0.05) is 5.16 Å². The number of fused-ring (bicyclic) bond motifs is 1. The Kier molecular flexibility index (Phi) is 2.96. The van der Waals surface area contributed by atoms with Crippen molar-refractivity contribution >= 4 is 22.4 Å². The topological polar surface area (TPSA) is 70.8 Å². The van der Waals surface area contributed by atoms with E-state index in [1.807, 2.05) is 6.07 Å². The molecule has 2 aromatic rings. The molecule has 3 aliphatic rings. The van der Waals surface area contributed by atoms with Crippen molar-refractivity contribution < 1.29 is 9.94 Å². The van der Waals surface area contributed by atoms with Crippen molar-refractivity contribution in [3.8, 4) is 5.75 Å². The lowest BCUT2D eigenvalue weighted by atomic mass is 9.86. The highest BCUT2D eigenvalue weighted by molar-refractivity contribution is 5.91. The maximum absolute atomic E-state index is 9.80. The summed E-state index contributed by atoms with van der Waals surface area (Å²) in [5, 5.41) is 15.1. The number of benzene rings is 1. The van der Waals surface area contributed by atoms with Crippen molar-refractivity contribution in [3.63, 3.8) is 0 Å². The SMILES string of the molecule is Oc1ccc2ncnc(N3CCC4(CC3)CC(C3CC3)=NO4)c2c1. The van der Waals surface area contributed by atoms with Gasteiger partial charge in [-0.15, -0.1) is 0 Å². The van der Waals surface area contributed by atoms with Crippen LogP contribution >= 0.6 is 0 Å². The molecular weight excluding hydrogens is 304 g/mol. The number of phenolic OH excluding ortho intramolecular Hbond substituents is 1. The Bertz CT molecular complexity index is 823. The van der Waals surface area contributed by atoms with Crippen LogP contribution in [0, 0.1) is 5.92 Å². The van der Waals surface area contributed by atoms with Crippen LogP contribution in [-0.4, -0.2) is 39.5 Å². The van der Waals surface area contributed by atoms with E-state index in [0.29, 0.717) is 5.92 Å². The molecule has 1 saturated carbocycles. The van der Waals surface area contributed by atoms with Crippen LogP contribution in [0.2, 0.25) is 0 Å². The number of phenols is 1. The van der Waals surface area contributed by atoms with Gasteiger partial charge in [-0.3, -0.25) is 0 Å². The van der Waals surface area contributed by atoms with Crippen molar-refractivity contribution in [3.05, 3.63) is 24.5 Å². The van der Waals surface area contributed by atoms with Gasteiger partial charge in [0.15, 0.2) is 0 Å². The summed E-state index contributed by atoms with van der Waals surface area (Å²) in [7, 11) is 0. The van der Waals surface area contributed by atoms with Gasteiger partial charge in [0.2, 0.25) is 0 Å². The molecule has 1 N–H and O–H groups in total. The Morgan fingerprint density at radius 3 is 2.79 bits per heavy atom. The maximum atomic E-state index is 9.80. The Labute approximate surface area is 140 Å². The van der Waals surface area contributed by atoms with Gasteiger partial charge in [-0.2, -0.15) is 0 Å². The van der Waals surface area contributed by atoms with Gasteiger partial charge in [0.05, 0.1) is 11.2 Å². The van der Waals surface area contributed by atoms with Crippen LogP contribution < -0.4 is 4.90 Å². The Balaban J connectivity index is 1.36. The molecule has 6 nitrogen and oxygen atoms in total. The fraction of sp³-hybridized carbons (Fsp3) is 0.500. The minimum Gasteiger partial charge on any atom is -0.508 e. The molecule has 0 bridgehead atoms. The van der Waals surface area contributed by atoms with Crippen molar-refractivity contribution in [2.75, 3.05) is 18.0 Å². The second-order valence-corrected chi connectivity index (χ2v) is 7.19. The first kappa shape index (κ1) is 14.0. The lowest BCUT2D eigenvalue weighted by Crippen LogP contribution is -2.45. The number of anilines is 1. The van der Waals surface area contributed by atoms with E-state index in [4.69, 9.17) is 4.84 Å². The predicted molar refractivity (Wildman–Crippen MR) is 91.2 cm³/mol. The van der Waals surface area contributed by atoms with Gasteiger partial charge in [0, 0.05) is 43.7 Å². The van der Waals surface area contributed by atoms with Crippen LogP contribution in [0.5, 0.6) is 5.75 Å². The number of oxime groups is 1. The maximum Gasteiger partial charge on any atom is 0.146 e. The van der Waals surface area contributed by atoms with Crippen molar-refractivity contribution in [1.82, 2.24) is 9.97 Å². The number of nitrogens with zero attached hydrogens (tertiary/aromatic N) is 4. The van der Waals surface area contributed by atoms with Crippen molar-refractivity contribution in [2.24, 2.45) is 11.1 Å². The molecule has 1 aromatic carbocycles. The number of aromatic hydroxyl groups is 1. The first-order chi connectivity index (χ1) is 11.7.